The molecule has 2 atom stereocenters. The van der Waals surface area contributed by atoms with Gasteiger partial charge in [0.1, 0.15) is 4.90 Å². The maximum Gasteiger partial charge on any atom is 0.243 e. The second-order valence-electron chi connectivity index (χ2n) is 5.03. The Morgan fingerprint density at radius 1 is 1.44 bits per heavy atom. The highest BCUT2D eigenvalue weighted by molar-refractivity contribution is 7.89. The lowest BCUT2D eigenvalue weighted by molar-refractivity contribution is 0.282. The molecule has 1 N–H and O–H groups in total. The van der Waals surface area contributed by atoms with Gasteiger partial charge in [-0.15, -0.1) is 0 Å². The minimum Gasteiger partial charge on any atom is -0.274 e. The number of sulfonamides is 1. The fourth-order valence-electron chi connectivity index (χ4n) is 2.66. The molecule has 1 aromatic heterocycles. The number of nitrogens with zero attached hydrogens (tertiary/aromatic N) is 2. The Balaban J connectivity index is 2.12. The summed E-state index contributed by atoms with van der Waals surface area (Å²) in [6.07, 6.45) is 8.34. The first-order valence-electron chi connectivity index (χ1n) is 6.54. The van der Waals surface area contributed by atoms with E-state index in [1.807, 2.05) is 0 Å². The molecule has 5 nitrogen and oxygen atoms in total. The van der Waals surface area contributed by atoms with E-state index < -0.39 is 10.0 Å². The van der Waals surface area contributed by atoms with Crippen molar-refractivity contribution in [2.24, 2.45) is 13.0 Å². The van der Waals surface area contributed by atoms with Crippen molar-refractivity contribution in [1.82, 2.24) is 14.5 Å². The summed E-state index contributed by atoms with van der Waals surface area (Å²) in [7, 11) is -1.70. The van der Waals surface area contributed by atoms with Crippen LogP contribution in [0.15, 0.2) is 17.3 Å². The molecule has 6 heteroatoms. The molecular weight excluding hydrogens is 250 g/mol. The minimum atomic E-state index is -3.42. The third-order valence-corrected chi connectivity index (χ3v) is 5.18. The molecule has 1 aromatic rings. The van der Waals surface area contributed by atoms with Crippen molar-refractivity contribution in [3.05, 3.63) is 12.4 Å². The predicted molar refractivity (Wildman–Crippen MR) is 69.6 cm³/mol. The van der Waals surface area contributed by atoms with Crippen LogP contribution in [0.25, 0.3) is 0 Å². The van der Waals surface area contributed by atoms with Crippen molar-refractivity contribution in [2.45, 2.75) is 50.0 Å². The van der Waals surface area contributed by atoms with E-state index in [9.17, 15) is 8.42 Å². The molecule has 1 saturated carbocycles. The highest BCUT2D eigenvalue weighted by Crippen LogP contribution is 2.27. The smallest absolute Gasteiger partial charge is 0.243 e. The number of aromatic nitrogens is 2. The maximum absolute atomic E-state index is 12.2. The van der Waals surface area contributed by atoms with E-state index in [0.29, 0.717) is 5.92 Å². The molecule has 18 heavy (non-hydrogen) atoms. The molecule has 0 aromatic carbocycles. The lowest BCUT2D eigenvalue weighted by Crippen LogP contribution is -2.41. The summed E-state index contributed by atoms with van der Waals surface area (Å²) in [6.45, 7) is 2.13. The van der Waals surface area contributed by atoms with Gasteiger partial charge in [0, 0.05) is 19.3 Å². The van der Waals surface area contributed by atoms with Gasteiger partial charge in [0.25, 0.3) is 0 Å². The van der Waals surface area contributed by atoms with Crippen LogP contribution in [-0.4, -0.2) is 24.2 Å². The lowest BCUT2D eigenvalue weighted by Gasteiger charge is -2.31. The van der Waals surface area contributed by atoms with E-state index in [1.165, 1.54) is 23.5 Å². The number of nitrogens with one attached hydrogen (secondary N) is 1. The predicted octanol–water partition coefficient (Wildman–Crippen LogP) is 1.67. The monoisotopic (exact) mass is 271 g/mol. The first-order valence-corrected chi connectivity index (χ1v) is 8.02. The van der Waals surface area contributed by atoms with Gasteiger partial charge in [-0.25, -0.2) is 13.1 Å². The molecule has 2 rings (SSSR count). The second kappa shape index (κ2) is 5.40. The molecule has 0 aliphatic heterocycles. The van der Waals surface area contributed by atoms with Crippen molar-refractivity contribution in [2.75, 3.05) is 0 Å². The first-order chi connectivity index (χ1) is 8.53. The highest BCUT2D eigenvalue weighted by atomic mass is 32.2. The van der Waals surface area contributed by atoms with Crippen LogP contribution in [0.1, 0.15) is 39.0 Å². The van der Waals surface area contributed by atoms with Crippen molar-refractivity contribution in [3.8, 4) is 0 Å². The van der Waals surface area contributed by atoms with Gasteiger partial charge in [-0.3, -0.25) is 4.68 Å². The topological polar surface area (TPSA) is 64.0 Å². The highest BCUT2D eigenvalue weighted by Gasteiger charge is 2.28. The van der Waals surface area contributed by atoms with E-state index >= 15 is 0 Å². The van der Waals surface area contributed by atoms with Crippen LogP contribution in [0.2, 0.25) is 0 Å². The molecule has 0 spiro atoms. The van der Waals surface area contributed by atoms with Crippen LogP contribution in [0.5, 0.6) is 0 Å². The Morgan fingerprint density at radius 2 is 2.17 bits per heavy atom. The zero-order chi connectivity index (χ0) is 13.2. The molecule has 1 aliphatic carbocycles. The van der Waals surface area contributed by atoms with Crippen molar-refractivity contribution < 1.29 is 8.42 Å². The third-order valence-electron chi connectivity index (χ3n) is 3.73. The molecule has 1 fully saturated rings. The lowest BCUT2D eigenvalue weighted by atomic mass is 9.83. The van der Waals surface area contributed by atoms with Gasteiger partial charge in [-0.2, -0.15) is 5.10 Å². The maximum atomic E-state index is 12.2. The molecule has 0 bridgehead atoms. The fourth-order valence-corrected chi connectivity index (χ4v) is 3.98. The van der Waals surface area contributed by atoms with Crippen molar-refractivity contribution >= 4 is 10.0 Å². The number of hydrogen-bond donors (Lipinski definition) is 1. The molecule has 1 heterocycles. The van der Waals surface area contributed by atoms with Gasteiger partial charge in [-0.1, -0.05) is 26.2 Å². The van der Waals surface area contributed by atoms with Gasteiger partial charge in [0.2, 0.25) is 10.0 Å². The number of hydrogen-bond acceptors (Lipinski definition) is 3. The molecule has 102 valence electrons. The second-order valence-corrected chi connectivity index (χ2v) is 6.74. The SMILES string of the molecule is CC[C@H]1CCCC[C@H]1NS(=O)(=O)c1cnn(C)c1. The molecule has 0 radical (unpaired) electrons. The van der Waals surface area contributed by atoms with Gasteiger partial charge < -0.3 is 0 Å². The normalized spacial score (nSPS) is 25.2. The fraction of sp³-hybridized carbons (Fsp3) is 0.750. The zero-order valence-electron chi connectivity index (χ0n) is 11.0. The Hall–Kier alpha value is -0.880. The van der Waals surface area contributed by atoms with Crippen LogP contribution in [0, 0.1) is 5.92 Å². The summed E-state index contributed by atoms with van der Waals surface area (Å²) in [6, 6.07) is 0.0777. The van der Waals surface area contributed by atoms with E-state index in [-0.39, 0.29) is 10.9 Å². The number of rotatable bonds is 4. The largest absolute Gasteiger partial charge is 0.274 e. The van der Waals surface area contributed by atoms with E-state index in [2.05, 4.69) is 16.7 Å². The summed E-state index contributed by atoms with van der Waals surface area (Å²) < 4.78 is 28.8. The van der Waals surface area contributed by atoms with Gasteiger partial charge in [0.05, 0.1) is 6.20 Å². The number of aryl methyl sites for hydroxylation is 1. The standard InChI is InChI=1S/C12H21N3O2S/c1-3-10-6-4-5-7-12(10)14-18(16,17)11-8-13-15(2)9-11/h8-10,12,14H,3-7H2,1-2H3/t10-,12+/m0/s1. The Kier molecular flexibility index (Phi) is 4.07. The van der Waals surface area contributed by atoms with Gasteiger partial charge >= 0.3 is 0 Å². The molecule has 0 unspecified atom stereocenters. The molecular formula is C12H21N3O2S. The van der Waals surface area contributed by atoms with Gasteiger partial charge in [-0.05, 0) is 18.8 Å². The summed E-state index contributed by atoms with van der Waals surface area (Å²) in [5.74, 6) is 0.463. The van der Waals surface area contributed by atoms with Crippen LogP contribution >= 0.6 is 0 Å². The first kappa shape index (κ1) is 13.5. The van der Waals surface area contributed by atoms with Gasteiger partial charge in [0.15, 0.2) is 0 Å². The van der Waals surface area contributed by atoms with E-state index in [1.54, 1.807) is 7.05 Å². The minimum absolute atomic E-state index is 0.0777. The molecule has 0 saturated heterocycles. The average Bonchev–Trinajstić information content (AvgIpc) is 2.77. The summed E-state index contributed by atoms with van der Waals surface area (Å²) in [5.41, 5.74) is 0. The van der Waals surface area contributed by atoms with Crippen molar-refractivity contribution in [1.29, 1.82) is 0 Å². The van der Waals surface area contributed by atoms with Crippen molar-refractivity contribution in [3.63, 3.8) is 0 Å². The Bertz CT molecular complexity index is 495. The van der Waals surface area contributed by atoms with Crippen LogP contribution in [-0.2, 0) is 17.1 Å². The van der Waals surface area contributed by atoms with E-state index in [4.69, 9.17) is 0 Å². The Morgan fingerprint density at radius 3 is 2.78 bits per heavy atom. The summed E-state index contributed by atoms with van der Waals surface area (Å²) >= 11 is 0. The average molecular weight is 271 g/mol. The van der Waals surface area contributed by atoms with Crippen LogP contribution < -0.4 is 4.72 Å². The van der Waals surface area contributed by atoms with E-state index in [0.717, 1.165) is 25.7 Å². The molecule has 0 amide bonds. The summed E-state index contributed by atoms with van der Waals surface area (Å²) in [5, 5.41) is 3.91. The van der Waals surface area contributed by atoms with Crippen LogP contribution in [0.3, 0.4) is 0 Å². The quantitative estimate of drug-likeness (QED) is 0.906. The summed E-state index contributed by atoms with van der Waals surface area (Å²) in [4.78, 5) is 0.255. The third kappa shape index (κ3) is 2.92. The zero-order valence-corrected chi connectivity index (χ0v) is 11.8. The Labute approximate surface area is 109 Å². The molecule has 1 aliphatic rings. The van der Waals surface area contributed by atoms with Crippen LogP contribution in [0.4, 0.5) is 0 Å².